The molecule has 0 aliphatic carbocycles. The van der Waals surface area contributed by atoms with Gasteiger partial charge in [-0.25, -0.2) is 0 Å². The van der Waals surface area contributed by atoms with Crippen LogP contribution in [0.5, 0.6) is 5.75 Å². The maximum Gasteiger partial charge on any atom is 0.132 e. The van der Waals surface area contributed by atoms with E-state index in [2.05, 4.69) is 29.8 Å². The van der Waals surface area contributed by atoms with Gasteiger partial charge >= 0.3 is 0 Å². The molecular weight excluding hydrogens is 258 g/mol. The molecule has 1 fully saturated rings. The Balaban J connectivity index is 1.81. The predicted octanol–water partition coefficient (Wildman–Crippen LogP) is 2.93. The van der Waals surface area contributed by atoms with Crippen molar-refractivity contribution in [2.75, 3.05) is 33.1 Å². The first kappa shape index (κ1) is 14.7. The molecule has 4 heteroatoms. The molecule has 1 aliphatic rings. The van der Waals surface area contributed by atoms with Crippen LogP contribution >= 0.6 is 11.8 Å². The van der Waals surface area contributed by atoms with Gasteiger partial charge in [-0.1, -0.05) is 6.07 Å². The average Bonchev–Trinajstić information content (AvgIpc) is 2.48. The highest BCUT2D eigenvalue weighted by molar-refractivity contribution is 7.98. The van der Waals surface area contributed by atoms with Crippen LogP contribution in [0.2, 0.25) is 0 Å². The van der Waals surface area contributed by atoms with Crippen LogP contribution in [-0.4, -0.2) is 33.1 Å². The second kappa shape index (κ2) is 7.78. The molecule has 0 spiro atoms. The van der Waals surface area contributed by atoms with Crippen LogP contribution in [0.3, 0.4) is 0 Å². The van der Waals surface area contributed by atoms with Gasteiger partial charge in [-0.2, -0.15) is 0 Å². The Labute approximate surface area is 120 Å². The fourth-order valence-corrected chi connectivity index (χ4v) is 2.93. The summed E-state index contributed by atoms with van der Waals surface area (Å²) in [4.78, 5) is 1.19. The van der Waals surface area contributed by atoms with E-state index >= 15 is 0 Å². The topological polar surface area (TPSA) is 30.5 Å². The van der Waals surface area contributed by atoms with Crippen molar-refractivity contribution in [3.8, 4) is 5.75 Å². The molecule has 0 radical (unpaired) electrons. The second-order valence-electron chi connectivity index (χ2n) is 4.90. The number of methoxy groups -OCH3 is 1. The quantitative estimate of drug-likeness (QED) is 0.812. The lowest BCUT2D eigenvalue weighted by Gasteiger charge is -2.22. The Hall–Kier alpha value is -0.710. The molecule has 0 aromatic heterocycles. The van der Waals surface area contributed by atoms with Crippen LogP contribution in [0.25, 0.3) is 0 Å². The molecule has 19 heavy (non-hydrogen) atoms. The summed E-state index contributed by atoms with van der Waals surface area (Å²) in [5, 5.41) is 3.52. The van der Waals surface area contributed by atoms with Gasteiger partial charge in [0.2, 0.25) is 0 Å². The van der Waals surface area contributed by atoms with Crippen LogP contribution in [0.1, 0.15) is 18.4 Å². The van der Waals surface area contributed by atoms with Crippen molar-refractivity contribution in [2.24, 2.45) is 5.92 Å². The standard InChI is InChI=1S/C15H23NO2S/c1-17-14-8-12(5-6-15(14)19-2)9-16-10-13-4-3-7-18-11-13/h5-6,8,13,16H,3-4,7,9-11H2,1-2H3. The Bertz CT molecular complexity index is 392. The summed E-state index contributed by atoms with van der Waals surface area (Å²) >= 11 is 1.71. The zero-order chi connectivity index (χ0) is 13.5. The third-order valence-corrected chi connectivity index (χ3v) is 4.24. The van der Waals surface area contributed by atoms with Gasteiger partial charge in [-0.15, -0.1) is 11.8 Å². The van der Waals surface area contributed by atoms with E-state index < -0.39 is 0 Å². The lowest BCUT2D eigenvalue weighted by Crippen LogP contribution is -2.28. The van der Waals surface area contributed by atoms with Crippen molar-refractivity contribution in [2.45, 2.75) is 24.3 Å². The Morgan fingerprint density at radius 2 is 2.37 bits per heavy atom. The van der Waals surface area contributed by atoms with Crippen molar-refractivity contribution in [3.05, 3.63) is 23.8 Å². The summed E-state index contributed by atoms with van der Waals surface area (Å²) in [6, 6.07) is 6.42. The molecule has 2 rings (SSSR count). The summed E-state index contributed by atoms with van der Waals surface area (Å²) in [5.41, 5.74) is 1.27. The molecule has 1 heterocycles. The SMILES string of the molecule is COc1cc(CNCC2CCCOC2)ccc1SC. The molecule has 1 atom stereocenters. The van der Waals surface area contributed by atoms with Crippen LogP contribution in [0.4, 0.5) is 0 Å². The number of benzene rings is 1. The van der Waals surface area contributed by atoms with Gasteiger partial charge in [0.1, 0.15) is 5.75 Å². The number of nitrogens with one attached hydrogen (secondary N) is 1. The fraction of sp³-hybridized carbons (Fsp3) is 0.600. The number of ether oxygens (including phenoxy) is 2. The normalized spacial score (nSPS) is 19.4. The first-order valence-corrected chi connectivity index (χ1v) is 8.05. The van der Waals surface area contributed by atoms with Gasteiger partial charge in [-0.3, -0.25) is 0 Å². The van der Waals surface area contributed by atoms with Crippen LogP contribution in [0, 0.1) is 5.92 Å². The zero-order valence-electron chi connectivity index (χ0n) is 11.8. The molecule has 1 unspecified atom stereocenters. The van der Waals surface area contributed by atoms with E-state index in [-0.39, 0.29) is 0 Å². The average molecular weight is 281 g/mol. The van der Waals surface area contributed by atoms with Gasteiger partial charge in [0, 0.05) is 24.6 Å². The minimum absolute atomic E-state index is 0.668. The predicted molar refractivity (Wildman–Crippen MR) is 80.0 cm³/mol. The molecule has 0 bridgehead atoms. The number of thioether (sulfide) groups is 1. The molecule has 1 N–H and O–H groups in total. The smallest absolute Gasteiger partial charge is 0.132 e. The van der Waals surface area contributed by atoms with Crippen molar-refractivity contribution in [3.63, 3.8) is 0 Å². The largest absolute Gasteiger partial charge is 0.496 e. The first-order valence-electron chi connectivity index (χ1n) is 6.83. The number of hydrogen-bond acceptors (Lipinski definition) is 4. The molecule has 0 saturated carbocycles. The summed E-state index contributed by atoms with van der Waals surface area (Å²) in [5.74, 6) is 1.63. The maximum atomic E-state index is 5.49. The van der Waals surface area contributed by atoms with E-state index in [4.69, 9.17) is 9.47 Å². The van der Waals surface area contributed by atoms with Gasteiger partial charge in [0.25, 0.3) is 0 Å². The molecule has 1 aliphatic heterocycles. The van der Waals surface area contributed by atoms with E-state index in [1.165, 1.54) is 23.3 Å². The highest BCUT2D eigenvalue weighted by Crippen LogP contribution is 2.28. The Kier molecular flexibility index (Phi) is 6.01. The van der Waals surface area contributed by atoms with E-state index in [1.54, 1.807) is 18.9 Å². The lowest BCUT2D eigenvalue weighted by atomic mass is 10.0. The number of hydrogen-bond donors (Lipinski definition) is 1. The summed E-state index contributed by atoms with van der Waals surface area (Å²) in [6.07, 6.45) is 4.54. The van der Waals surface area contributed by atoms with Crippen molar-refractivity contribution >= 4 is 11.8 Å². The molecule has 106 valence electrons. The van der Waals surface area contributed by atoms with Crippen molar-refractivity contribution in [1.29, 1.82) is 0 Å². The van der Waals surface area contributed by atoms with Crippen LogP contribution in [-0.2, 0) is 11.3 Å². The van der Waals surface area contributed by atoms with Gasteiger partial charge in [0.15, 0.2) is 0 Å². The van der Waals surface area contributed by atoms with Crippen LogP contribution < -0.4 is 10.1 Å². The molecule has 1 aromatic rings. The van der Waals surface area contributed by atoms with E-state index in [9.17, 15) is 0 Å². The van der Waals surface area contributed by atoms with Crippen LogP contribution in [0.15, 0.2) is 23.1 Å². The first-order chi connectivity index (χ1) is 9.33. The van der Waals surface area contributed by atoms with Gasteiger partial charge in [-0.05, 0) is 42.7 Å². The minimum atomic E-state index is 0.668. The Morgan fingerprint density at radius 3 is 3.05 bits per heavy atom. The van der Waals surface area contributed by atoms with Gasteiger partial charge in [0.05, 0.1) is 13.7 Å². The Morgan fingerprint density at radius 1 is 1.47 bits per heavy atom. The zero-order valence-corrected chi connectivity index (χ0v) is 12.6. The molecule has 1 saturated heterocycles. The van der Waals surface area contributed by atoms with E-state index in [0.29, 0.717) is 5.92 Å². The highest BCUT2D eigenvalue weighted by atomic mass is 32.2. The van der Waals surface area contributed by atoms with Crippen molar-refractivity contribution < 1.29 is 9.47 Å². The minimum Gasteiger partial charge on any atom is -0.496 e. The summed E-state index contributed by atoms with van der Waals surface area (Å²) in [7, 11) is 1.73. The second-order valence-corrected chi connectivity index (χ2v) is 5.75. The third-order valence-electron chi connectivity index (χ3n) is 3.46. The number of rotatable bonds is 6. The van der Waals surface area contributed by atoms with E-state index in [0.717, 1.165) is 32.1 Å². The third kappa shape index (κ3) is 4.41. The molecule has 3 nitrogen and oxygen atoms in total. The molecular formula is C15H23NO2S. The monoisotopic (exact) mass is 281 g/mol. The molecule has 1 aromatic carbocycles. The van der Waals surface area contributed by atoms with Crippen molar-refractivity contribution in [1.82, 2.24) is 5.32 Å². The maximum absolute atomic E-state index is 5.49. The summed E-state index contributed by atoms with van der Waals surface area (Å²) < 4.78 is 10.9. The molecule has 0 amide bonds. The lowest BCUT2D eigenvalue weighted by molar-refractivity contribution is 0.0547. The fourth-order valence-electron chi connectivity index (χ4n) is 2.38. The highest BCUT2D eigenvalue weighted by Gasteiger charge is 2.13. The van der Waals surface area contributed by atoms with E-state index in [1.807, 2.05) is 0 Å². The summed E-state index contributed by atoms with van der Waals surface area (Å²) in [6.45, 7) is 3.76. The van der Waals surface area contributed by atoms with Gasteiger partial charge < -0.3 is 14.8 Å².